The second-order valence-electron chi connectivity index (χ2n) is 4.92. The molecule has 0 N–H and O–H groups in total. The van der Waals surface area contributed by atoms with Crippen molar-refractivity contribution in [2.24, 2.45) is 0 Å². The van der Waals surface area contributed by atoms with E-state index in [-0.39, 0.29) is 5.78 Å². The SMILES string of the molecule is CCN1C(=C(C(C)=O)c2ccccc2)Sc2ccccc21. The predicted octanol–water partition coefficient (Wildman–Crippen LogP) is 4.58. The van der Waals surface area contributed by atoms with E-state index in [1.807, 2.05) is 42.5 Å². The van der Waals surface area contributed by atoms with Crippen LogP contribution in [-0.2, 0) is 4.79 Å². The Morgan fingerprint density at radius 3 is 2.38 bits per heavy atom. The van der Waals surface area contributed by atoms with Crippen LogP contribution in [0.1, 0.15) is 19.4 Å². The van der Waals surface area contributed by atoms with Crippen molar-refractivity contribution in [3.8, 4) is 0 Å². The van der Waals surface area contributed by atoms with Crippen LogP contribution in [0.5, 0.6) is 0 Å². The Morgan fingerprint density at radius 2 is 1.71 bits per heavy atom. The Bertz CT molecular complexity index is 706. The highest BCUT2D eigenvalue weighted by Gasteiger charge is 2.28. The molecule has 0 spiro atoms. The van der Waals surface area contributed by atoms with Crippen molar-refractivity contribution in [1.82, 2.24) is 0 Å². The first-order chi connectivity index (χ1) is 10.2. The highest BCUT2D eigenvalue weighted by atomic mass is 32.2. The van der Waals surface area contributed by atoms with Crippen LogP contribution in [0.4, 0.5) is 5.69 Å². The molecule has 0 saturated carbocycles. The summed E-state index contributed by atoms with van der Waals surface area (Å²) in [6.07, 6.45) is 0. The maximum absolute atomic E-state index is 12.2. The molecule has 2 nitrogen and oxygen atoms in total. The summed E-state index contributed by atoms with van der Waals surface area (Å²) in [4.78, 5) is 15.7. The van der Waals surface area contributed by atoms with E-state index < -0.39 is 0 Å². The van der Waals surface area contributed by atoms with Gasteiger partial charge in [-0.1, -0.05) is 54.2 Å². The molecule has 2 aromatic carbocycles. The molecule has 0 unspecified atom stereocenters. The number of Topliss-reactive ketones (excluding diaryl/α,β-unsaturated/α-hetero) is 1. The molecular formula is C18H17NOS. The molecule has 0 bridgehead atoms. The monoisotopic (exact) mass is 295 g/mol. The summed E-state index contributed by atoms with van der Waals surface area (Å²) >= 11 is 1.68. The summed E-state index contributed by atoms with van der Waals surface area (Å²) in [5.41, 5.74) is 2.98. The first-order valence-electron chi connectivity index (χ1n) is 7.07. The molecule has 1 aliphatic rings. The standard InChI is InChI=1S/C18H17NOS/c1-3-19-15-11-7-8-12-16(15)21-18(19)17(13(2)20)14-9-5-4-6-10-14/h4-12H,3H2,1-2H3. The van der Waals surface area contributed by atoms with Crippen LogP contribution in [0.25, 0.3) is 5.57 Å². The average molecular weight is 295 g/mol. The summed E-state index contributed by atoms with van der Waals surface area (Å²) in [5.74, 6) is 0.106. The highest BCUT2D eigenvalue weighted by molar-refractivity contribution is 8.04. The fraction of sp³-hybridized carbons (Fsp3) is 0.167. The van der Waals surface area contributed by atoms with E-state index in [9.17, 15) is 4.79 Å². The van der Waals surface area contributed by atoms with Gasteiger partial charge >= 0.3 is 0 Å². The molecule has 0 aromatic heterocycles. The first-order valence-corrected chi connectivity index (χ1v) is 7.89. The van der Waals surface area contributed by atoms with E-state index in [1.165, 1.54) is 10.6 Å². The van der Waals surface area contributed by atoms with Gasteiger partial charge in [0.2, 0.25) is 0 Å². The zero-order valence-electron chi connectivity index (χ0n) is 12.2. The smallest absolute Gasteiger partial charge is 0.163 e. The number of rotatable bonds is 3. The van der Waals surface area contributed by atoms with E-state index in [4.69, 9.17) is 0 Å². The van der Waals surface area contributed by atoms with Gasteiger partial charge in [0, 0.05) is 11.4 Å². The van der Waals surface area contributed by atoms with Gasteiger partial charge in [0.05, 0.1) is 16.3 Å². The molecule has 1 heterocycles. The first kappa shape index (κ1) is 14.0. The van der Waals surface area contributed by atoms with Gasteiger partial charge in [-0.3, -0.25) is 4.79 Å². The molecule has 0 aliphatic carbocycles. The Morgan fingerprint density at radius 1 is 1.05 bits per heavy atom. The van der Waals surface area contributed by atoms with Crippen molar-refractivity contribution in [3.05, 3.63) is 65.2 Å². The van der Waals surface area contributed by atoms with E-state index in [0.717, 1.165) is 22.7 Å². The summed E-state index contributed by atoms with van der Waals surface area (Å²) in [7, 11) is 0. The van der Waals surface area contributed by atoms with E-state index >= 15 is 0 Å². The lowest BCUT2D eigenvalue weighted by molar-refractivity contribution is -0.111. The van der Waals surface area contributed by atoms with Gasteiger partial charge in [0.15, 0.2) is 5.78 Å². The number of carbonyl (C=O) groups excluding carboxylic acids is 1. The number of ketones is 1. The Hall–Kier alpha value is -2.00. The molecule has 0 amide bonds. The van der Waals surface area contributed by atoms with Crippen LogP contribution in [0, 0.1) is 0 Å². The summed E-state index contributed by atoms with van der Waals surface area (Å²) < 4.78 is 0. The molecule has 0 radical (unpaired) electrons. The van der Waals surface area contributed by atoms with Crippen molar-refractivity contribution in [2.45, 2.75) is 18.7 Å². The number of nitrogens with zero attached hydrogens (tertiary/aromatic N) is 1. The number of anilines is 1. The van der Waals surface area contributed by atoms with Crippen LogP contribution in [0.15, 0.2) is 64.5 Å². The van der Waals surface area contributed by atoms with Crippen LogP contribution in [-0.4, -0.2) is 12.3 Å². The second kappa shape index (κ2) is 5.78. The van der Waals surface area contributed by atoms with Gasteiger partial charge in [0.25, 0.3) is 0 Å². The summed E-state index contributed by atoms with van der Waals surface area (Å²) in [6.45, 7) is 4.61. The fourth-order valence-corrected chi connectivity index (χ4v) is 3.96. The van der Waals surface area contributed by atoms with Gasteiger partial charge in [0.1, 0.15) is 0 Å². The third-order valence-corrected chi connectivity index (χ3v) is 4.74. The maximum atomic E-state index is 12.2. The third kappa shape index (κ3) is 2.49. The number of hydrogen-bond acceptors (Lipinski definition) is 3. The average Bonchev–Trinajstić information content (AvgIpc) is 2.86. The van der Waals surface area contributed by atoms with Crippen molar-refractivity contribution >= 4 is 28.8 Å². The quantitative estimate of drug-likeness (QED) is 0.773. The normalized spacial score (nSPS) is 15.8. The number of hydrogen-bond donors (Lipinski definition) is 0. The number of allylic oxidation sites excluding steroid dienone is 1. The van der Waals surface area contributed by atoms with E-state index in [1.54, 1.807) is 18.7 Å². The van der Waals surface area contributed by atoms with Crippen molar-refractivity contribution in [2.75, 3.05) is 11.4 Å². The van der Waals surface area contributed by atoms with Crippen molar-refractivity contribution in [1.29, 1.82) is 0 Å². The Labute approximate surface area is 129 Å². The van der Waals surface area contributed by atoms with Crippen molar-refractivity contribution in [3.63, 3.8) is 0 Å². The molecular weight excluding hydrogens is 278 g/mol. The summed E-state index contributed by atoms with van der Waals surface area (Å²) in [6, 6.07) is 18.2. The number of thioether (sulfide) groups is 1. The number of para-hydroxylation sites is 1. The van der Waals surface area contributed by atoms with Gasteiger partial charge in [-0.15, -0.1) is 0 Å². The molecule has 2 aromatic rings. The molecule has 3 rings (SSSR count). The summed E-state index contributed by atoms with van der Waals surface area (Å²) in [5, 5.41) is 1.04. The number of fused-ring (bicyclic) bond motifs is 1. The van der Waals surface area contributed by atoms with Crippen LogP contribution in [0.3, 0.4) is 0 Å². The topological polar surface area (TPSA) is 20.3 Å². The molecule has 1 aliphatic heterocycles. The lowest BCUT2D eigenvalue weighted by Crippen LogP contribution is -2.19. The second-order valence-corrected chi connectivity index (χ2v) is 5.95. The molecule has 21 heavy (non-hydrogen) atoms. The lowest BCUT2D eigenvalue weighted by Gasteiger charge is -2.21. The Kier molecular flexibility index (Phi) is 3.84. The fourth-order valence-electron chi connectivity index (χ4n) is 2.62. The minimum Gasteiger partial charge on any atom is -0.335 e. The number of carbonyl (C=O) groups is 1. The molecule has 0 saturated heterocycles. The lowest BCUT2D eigenvalue weighted by atomic mass is 10.0. The van der Waals surface area contributed by atoms with Crippen LogP contribution in [0.2, 0.25) is 0 Å². The minimum atomic E-state index is 0.106. The van der Waals surface area contributed by atoms with Gasteiger partial charge in [-0.2, -0.15) is 0 Å². The van der Waals surface area contributed by atoms with Crippen LogP contribution < -0.4 is 4.90 Å². The molecule has 0 atom stereocenters. The van der Waals surface area contributed by atoms with Crippen LogP contribution >= 0.6 is 11.8 Å². The largest absolute Gasteiger partial charge is 0.335 e. The molecule has 3 heteroatoms. The molecule has 0 fully saturated rings. The minimum absolute atomic E-state index is 0.106. The van der Waals surface area contributed by atoms with E-state index in [0.29, 0.717) is 0 Å². The van der Waals surface area contributed by atoms with Gasteiger partial charge in [-0.25, -0.2) is 0 Å². The Balaban J connectivity index is 2.18. The zero-order valence-corrected chi connectivity index (χ0v) is 13.0. The molecule has 106 valence electrons. The van der Waals surface area contributed by atoms with E-state index in [2.05, 4.69) is 24.0 Å². The highest BCUT2D eigenvalue weighted by Crippen LogP contribution is 2.48. The zero-order chi connectivity index (χ0) is 14.8. The van der Waals surface area contributed by atoms with Gasteiger partial charge < -0.3 is 4.90 Å². The van der Waals surface area contributed by atoms with Crippen molar-refractivity contribution < 1.29 is 4.79 Å². The predicted molar refractivity (Wildman–Crippen MR) is 89.4 cm³/mol. The number of benzene rings is 2. The maximum Gasteiger partial charge on any atom is 0.163 e. The van der Waals surface area contributed by atoms with Gasteiger partial charge in [-0.05, 0) is 31.5 Å². The third-order valence-electron chi connectivity index (χ3n) is 3.55.